The van der Waals surface area contributed by atoms with Gasteiger partial charge in [0.1, 0.15) is 0 Å². The first kappa shape index (κ1) is 14.4. The SMILES string of the molecule is CNC(=O)CCN1Cc2ccccc2/C=C\c2ccccc21. The van der Waals surface area contributed by atoms with Crippen LogP contribution in [0.3, 0.4) is 0 Å². The molecule has 0 atom stereocenters. The van der Waals surface area contributed by atoms with Crippen LogP contribution in [0.25, 0.3) is 12.2 Å². The van der Waals surface area contributed by atoms with Gasteiger partial charge < -0.3 is 10.2 Å². The van der Waals surface area contributed by atoms with Gasteiger partial charge in [-0.25, -0.2) is 0 Å². The molecular weight excluding hydrogens is 272 g/mol. The molecule has 112 valence electrons. The molecule has 22 heavy (non-hydrogen) atoms. The summed E-state index contributed by atoms with van der Waals surface area (Å²) >= 11 is 0. The summed E-state index contributed by atoms with van der Waals surface area (Å²) < 4.78 is 0. The highest BCUT2D eigenvalue weighted by atomic mass is 16.1. The number of fused-ring (bicyclic) bond motifs is 2. The molecule has 0 fully saturated rings. The maximum atomic E-state index is 11.6. The monoisotopic (exact) mass is 292 g/mol. The molecule has 0 aliphatic carbocycles. The highest BCUT2D eigenvalue weighted by molar-refractivity contribution is 5.80. The Labute approximate surface area is 131 Å². The molecule has 1 heterocycles. The molecule has 0 radical (unpaired) electrons. The van der Waals surface area contributed by atoms with Crippen molar-refractivity contribution in [1.29, 1.82) is 0 Å². The van der Waals surface area contributed by atoms with Crippen LogP contribution in [0.4, 0.5) is 5.69 Å². The molecule has 0 unspecified atom stereocenters. The zero-order chi connectivity index (χ0) is 15.4. The number of nitrogens with zero attached hydrogens (tertiary/aromatic N) is 1. The number of amides is 1. The Morgan fingerprint density at radius 1 is 1.05 bits per heavy atom. The second-order valence-corrected chi connectivity index (χ2v) is 5.44. The Balaban J connectivity index is 1.97. The largest absolute Gasteiger partial charge is 0.366 e. The lowest BCUT2D eigenvalue weighted by Crippen LogP contribution is -2.30. The lowest BCUT2D eigenvalue weighted by Gasteiger charge is -2.28. The van der Waals surface area contributed by atoms with E-state index in [9.17, 15) is 4.79 Å². The van der Waals surface area contributed by atoms with E-state index < -0.39 is 0 Å². The minimum Gasteiger partial charge on any atom is -0.366 e. The summed E-state index contributed by atoms with van der Waals surface area (Å²) in [6, 6.07) is 16.8. The minimum absolute atomic E-state index is 0.0726. The van der Waals surface area contributed by atoms with E-state index in [2.05, 4.69) is 58.8 Å². The van der Waals surface area contributed by atoms with E-state index in [-0.39, 0.29) is 5.91 Å². The fourth-order valence-corrected chi connectivity index (χ4v) is 2.79. The number of para-hydroxylation sites is 1. The van der Waals surface area contributed by atoms with Crippen LogP contribution in [0.15, 0.2) is 48.5 Å². The first-order valence-corrected chi connectivity index (χ1v) is 7.58. The van der Waals surface area contributed by atoms with Crippen molar-refractivity contribution in [3.8, 4) is 0 Å². The van der Waals surface area contributed by atoms with Crippen LogP contribution < -0.4 is 10.2 Å². The summed E-state index contributed by atoms with van der Waals surface area (Å²) in [6.07, 6.45) is 4.82. The molecule has 0 bridgehead atoms. The summed E-state index contributed by atoms with van der Waals surface area (Å²) in [6.45, 7) is 1.52. The Kier molecular flexibility index (Phi) is 4.24. The molecule has 3 nitrogen and oxygen atoms in total. The smallest absolute Gasteiger partial charge is 0.221 e. The van der Waals surface area contributed by atoms with Crippen molar-refractivity contribution in [1.82, 2.24) is 5.32 Å². The number of hydrogen-bond acceptors (Lipinski definition) is 2. The van der Waals surface area contributed by atoms with Crippen molar-refractivity contribution in [2.45, 2.75) is 13.0 Å². The van der Waals surface area contributed by atoms with Crippen molar-refractivity contribution >= 4 is 23.7 Å². The van der Waals surface area contributed by atoms with Gasteiger partial charge in [0.05, 0.1) is 0 Å². The fraction of sp³-hybridized carbons (Fsp3) is 0.211. The molecule has 3 heteroatoms. The average molecular weight is 292 g/mol. The molecular formula is C19H20N2O. The molecule has 1 aliphatic heterocycles. The predicted octanol–water partition coefficient (Wildman–Crippen LogP) is 3.31. The van der Waals surface area contributed by atoms with Crippen molar-refractivity contribution < 1.29 is 4.79 Å². The van der Waals surface area contributed by atoms with Gasteiger partial charge in [0.2, 0.25) is 5.91 Å². The van der Waals surface area contributed by atoms with Crippen LogP contribution in [0, 0.1) is 0 Å². The molecule has 0 saturated heterocycles. The van der Waals surface area contributed by atoms with Gasteiger partial charge in [-0.05, 0) is 22.8 Å². The molecule has 1 N–H and O–H groups in total. The third kappa shape index (κ3) is 3.03. The first-order chi connectivity index (χ1) is 10.8. The van der Waals surface area contributed by atoms with Gasteiger partial charge in [0.15, 0.2) is 0 Å². The molecule has 1 aliphatic rings. The van der Waals surface area contributed by atoms with Gasteiger partial charge in [-0.15, -0.1) is 0 Å². The zero-order valence-electron chi connectivity index (χ0n) is 12.8. The molecule has 3 rings (SSSR count). The van der Waals surface area contributed by atoms with Gasteiger partial charge in [-0.3, -0.25) is 4.79 Å². The van der Waals surface area contributed by atoms with Gasteiger partial charge in [0, 0.05) is 32.2 Å². The highest BCUT2D eigenvalue weighted by Gasteiger charge is 2.15. The van der Waals surface area contributed by atoms with Gasteiger partial charge in [-0.1, -0.05) is 54.6 Å². The van der Waals surface area contributed by atoms with E-state index in [1.54, 1.807) is 7.05 Å². The molecule has 2 aromatic carbocycles. The standard InChI is InChI=1S/C19H20N2O/c1-20-19(22)12-13-21-14-17-8-3-2-6-15(17)10-11-16-7-4-5-9-18(16)21/h2-11H,12-14H2,1H3,(H,20,22)/b11-10-. The average Bonchev–Trinajstić information content (AvgIpc) is 2.55. The second kappa shape index (κ2) is 6.48. The molecule has 1 amide bonds. The van der Waals surface area contributed by atoms with Crippen molar-refractivity contribution in [3.05, 3.63) is 65.2 Å². The molecule has 0 saturated carbocycles. The van der Waals surface area contributed by atoms with Crippen LogP contribution in [-0.2, 0) is 11.3 Å². The lowest BCUT2D eigenvalue weighted by atomic mass is 10.0. The summed E-state index contributed by atoms with van der Waals surface area (Å²) in [7, 11) is 1.68. The van der Waals surface area contributed by atoms with E-state index in [4.69, 9.17) is 0 Å². The highest BCUT2D eigenvalue weighted by Crippen LogP contribution is 2.28. The van der Waals surface area contributed by atoms with E-state index in [0.29, 0.717) is 13.0 Å². The zero-order valence-corrected chi connectivity index (χ0v) is 12.8. The van der Waals surface area contributed by atoms with Gasteiger partial charge in [0.25, 0.3) is 0 Å². The summed E-state index contributed by atoms with van der Waals surface area (Å²) in [5.74, 6) is 0.0726. The summed E-state index contributed by atoms with van der Waals surface area (Å²) in [5.41, 5.74) is 4.89. The third-order valence-electron chi connectivity index (χ3n) is 4.02. The maximum Gasteiger partial charge on any atom is 0.221 e. The number of hydrogen-bond donors (Lipinski definition) is 1. The van der Waals surface area contributed by atoms with Crippen molar-refractivity contribution in [3.63, 3.8) is 0 Å². The van der Waals surface area contributed by atoms with Crippen molar-refractivity contribution in [2.24, 2.45) is 0 Å². The number of carbonyl (C=O) groups is 1. The van der Waals surface area contributed by atoms with Crippen LogP contribution in [-0.4, -0.2) is 19.5 Å². The molecule has 0 aromatic heterocycles. The van der Waals surface area contributed by atoms with E-state index >= 15 is 0 Å². The Bertz CT molecular complexity index is 706. The Morgan fingerprint density at radius 2 is 1.73 bits per heavy atom. The van der Waals surface area contributed by atoms with Gasteiger partial charge >= 0.3 is 0 Å². The molecule has 0 spiro atoms. The second-order valence-electron chi connectivity index (χ2n) is 5.44. The van der Waals surface area contributed by atoms with E-state index in [0.717, 1.165) is 6.54 Å². The number of carbonyl (C=O) groups excluding carboxylic acids is 1. The first-order valence-electron chi connectivity index (χ1n) is 7.58. The van der Waals surface area contributed by atoms with Crippen molar-refractivity contribution in [2.75, 3.05) is 18.5 Å². The number of benzene rings is 2. The van der Waals surface area contributed by atoms with E-state index in [1.807, 2.05) is 12.1 Å². The van der Waals surface area contributed by atoms with E-state index in [1.165, 1.54) is 22.4 Å². The van der Waals surface area contributed by atoms with Crippen LogP contribution in [0.5, 0.6) is 0 Å². The Hall–Kier alpha value is -2.55. The lowest BCUT2D eigenvalue weighted by molar-refractivity contribution is -0.120. The van der Waals surface area contributed by atoms with Gasteiger partial charge in [-0.2, -0.15) is 0 Å². The summed E-state index contributed by atoms with van der Waals surface area (Å²) in [4.78, 5) is 13.9. The predicted molar refractivity (Wildman–Crippen MR) is 91.5 cm³/mol. The quantitative estimate of drug-likeness (QED) is 0.941. The van der Waals surface area contributed by atoms with Crippen LogP contribution in [0.1, 0.15) is 23.1 Å². The Morgan fingerprint density at radius 3 is 2.55 bits per heavy atom. The van der Waals surface area contributed by atoms with Crippen LogP contribution in [0.2, 0.25) is 0 Å². The third-order valence-corrected chi connectivity index (χ3v) is 4.02. The minimum atomic E-state index is 0.0726. The topological polar surface area (TPSA) is 32.3 Å². The normalized spacial score (nSPS) is 14.3. The number of anilines is 1. The van der Waals surface area contributed by atoms with Crippen LogP contribution >= 0.6 is 0 Å². The summed E-state index contributed by atoms with van der Waals surface area (Å²) in [5, 5.41) is 2.70. The fourth-order valence-electron chi connectivity index (χ4n) is 2.79. The maximum absolute atomic E-state index is 11.6. The number of rotatable bonds is 3. The number of nitrogens with one attached hydrogen (secondary N) is 1. The molecule has 2 aromatic rings.